The van der Waals surface area contributed by atoms with E-state index in [1.165, 1.54) is 19.2 Å². The largest absolute Gasteiger partial charge is 0.490 e. The van der Waals surface area contributed by atoms with Crippen molar-refractivity contribution in [1.29, 1.82) is 0 Å². The number of ether oxygens (including phenoxy) is 3. The lowest BCUT2D eigenvalue weighted by molar-refractivity contribution is -0.385. The van der Waals surface area contributed by atoms with Crippen molar-refractivity contribution in [1.82, 2.24) is 0 Å². The Bertz CT molecular complexity index is 496. The van der Waals surface area contributed by atoms with Crippen LogP contribution < -0.4 is 9.47 Å². The minimum Gasteiger partial charge on any atom is -0.490 e. The van der Waals surface area contributed by atoms with Gasteiger partial charge in [0.2, 0.25) is 0 Å². The van der Waals surface area contributed by atoms with Gasteiger partial charge in [-0.25, -0.2) is 0 Å². The molecule has 1 aliphatic carbocycles. The van der Waals surface area contributed by atoms with Crippen molar-refractivity contribution < 1.29 is 19.1 Å². The van der Waals surface area contributed by atoms with Crippen molar-refractivity contribution in [3.05, 3.63) is 28.3 Å². The summed E-state index contributed by atoms with van der Waals surface area (Å²) in [5, 5.41) is 10.9. The third-order valence-electron chi connectivity index (χ3n) is 3.17. The van der Waals surface area contributed by atoms with E-state index in [0.717, 1.165) is 0 Å². The van der Waals surface area contributed by atoms with Crippen LogP contribution in [0.3, 0.4) is 0 Å². The van der Waals surface area contributed by atoms with Gasteiger partial charge in [-0.05, 0) is 19.1 Å². The van der Waals surface area contributed by atoms with Crippen LogP contribution in [-0.4, -0.2) is 36.2 Å². The van der Waals surface area contributed by atoms with Gasteiger partial charge < -0.3 is 14.2 Å². The fourth-order valence-corrected chi connectivity index (χ4v) is 2.52. The number of benzene rings is 1. The highest BCUT2D eigenvalue weighted by molar-refractivity contribution is 6.21. The van der Waals surface area contributed by atoms with Gasteiger partial charge in [-0.2, -0.15) is 0 Å². The molecule has 0 amide bonds. The maximum atomic E-state index is 10.9. The molecule has 0 heterocycles. The first-order valence-corrected chi connectivity index (χ1v) is 6.75. The molecule has 0 N–H and O–H groups in total. The molecule has 0 aliphatic heterocycles. The normalized spacial score (nSPS) is 24.9. The van der Waals surface area contributed by atoms with E-state index in [9.17, 15) is 10.1 Å². The molecule has 1 aromatic rings. The van der Waals surface area contributed by atoms with Crippen LogP contribution in [0.25, 0.3) is 0 Å². The maximum absolute atomic E-state index is 10.9. The van der Waals surface area contributed by atoms with Crippen molar-refractivity contribution in [3.8, 4) is 11.5 Å². The van der Waals surface area contributed by atoms with Crippen LogP contribution in [0.1, 0.15) is 13.3 Å². The molecule has 1 saturated carbocycles. The van der Waals surface area contributed by atoms with Gasteiger partial charge in [0.1, 0.15) is 18.0 Å². The molecular weight excluding hydrogens is 286 g/mol. The van der Waals surface area contributed by atoms with Crippen LogP contribution in [0.4, 0.5) is 5.69 Å². The van der Waals surface area contributed by atoms with Crippen LogP contribution in [0.2, 0.25) is 0 Å². The summed E-state index contributed by atoms with van der Waals surface area (Å²) >= 11 is 6.05. The zero-order chi connectivity index (χ0) is 14.7. The minimum atomic E-state index is -0.503. The lowest BCUT2D eigenvalue weighted by atomic mass is 9.91. The quantitative estimate of drug-likeness (QED) is 0.459. The monoisotopic (exact) mass is 301 g/mol. The van der Waals surface area contributed by atoms with Gasteiger partial charge in [0.15, 0.2) is 5.75 Å². The van der Waals surface area contributed by atoms with Gasteiger partial charge in [-0.1, -0.05) is 0 Å². The van der Waals surface area contributed by atoms with Gasteiger partial charge in [-0.15, -0.1) is 11.6 Å². The second-order valence-electron chi connectivity index (χ2n) is 4.42. The lowest BCUT2D eigenvalue weighted by Crippen LogP contribution is -2.52. The number of rotatable bonds is 6. The van der Waals surface area contributed by atoms with Gasteiger partial charge in [0.05, 0.1) is 23.5 Å². The molecule has 0 bridgehead atoms. The molecule has 0 spiro atoms. The molecule has 6 nitrogen and oxygen atoms in total. The average Bonchev–Trinajstić information content (AvgIpc) is 2.44. The summed E-state index contributed by atoms with van der Waals surface area (Å²) in [6, 6.07) is 4.50. The standard InChI is InChI=1S/C13H16ClNO5/c1-3-19-13-9(14)7-12(13)20-8-4-5-11(18-2)10(6-8)15(16)17/h4-6,9,12-13H,3,7H2,1-2H3. The molecule has 7 heteroatoms. The fourth-order valence-electron chi connectivity index (χ4n) is 2.11. The number of nitro benzene ring substituents is 1. The van der Waals surface area contributed by atoms with E-state index in [-0.39, 0.29) is 29.0 Å². The fraction of sp³-hybridized carbons (Fsp3) is 0.538. The molecule has 0 saturated heterocycles. The van der Waals surface area contributed by atoms with Crippen LogP contribution in [-0.2, 0) is 4.74 Å². The van der Waals surface area contributed by atoms with E-state index in [0.29, 0.717) is 18.8 Å². The number of hydrogen-bond acceptors (Lipinski definition) is 5. The van der Waals surface area contributed by atoms with E-state index in [1.807, 2.05) is 6.92 Å². The van der Waals surface area contributed by atoms with Gasteiger partial charge in [0, 0.05) is 13.0 Å². The van der Waals surface area contributed by atoms with Crippen molar-refractivity contribution in [2.75, 3.05) is 13.7 Å². The molecular formula is C13H16ClNO5. The van der Waals surface area contributed by atoms with Gasteiger partial charge >= 0.3 is 5.69 Å². The summed E-state index contributed by atoms with van der Waals surface area (Å²) in [5.74, 6) is 0.614. The zero-order valence-corrected chi connectivity index (χ0v) is 12.0. The van der Waals surface area contributed by atoms with Crippen LogP contribution >= 0.6 is 11.6 Å². The Morgan fingerprint density at radius 2 is 2.25 bits per heavy atom. The van der Waals surface area contributed by atoms with E-state index in [2.05, 4.69) is 0 Å². The molecule has 1 aromatic carbocycles. The first-order valence-electron chi connectivity index (χ1n) is 6.31. The summed E-state index contributed by atoms with van der Waals surface area (Å²) in [6.07, 6.45) is 0.305. The van der Waals surface area contributed by atoms with Crippen LogP contribution in [0.5, 0.6) is 11.5 Å². The van der Waals surface area contributed by atoms with E-state index in [1.54, 1.807) is 6.07 Å². The number of methoxy groups -OCH3 is 1. The van der Waals surface area contributed by atoms with E-state index in [4.69, 9.17) is 25.8 Å². The average molecular weight is 302 g/mol. The van der Waals surface area contributed by atoms with Crippen LogP contribution in [0.15, 0.2) is 18.2 Å². The molecule has 0 aromatic heterocycles. The Labute approximate surface area is 121 Å². The molecule has 1 fully saturated rings. The number of halogens is 1. The van der Waals surface area contributed by atoms with Gasteiger partial charge in [-0.3, -0.25) is 10.1 Å². The van der Waals surface area contributed by atoms with Crippen molar-refractivity contribution in [3.63, 3.8) is 0 Å². The zero-order valence-electron chi connectivity index (χ0n) is 11.2. The summed E-state index contributed by atoms with van der Waals surface area (Å²) in [5.41, 5.74) is -0.125. The highest BCUT2D eigenvalue weighted by Crippen LogP contribution is 2.36. The first kappa shape index (κ1) is 14.9. The number of hydrogen-bond donors (Lipinski definition) is 0. The maximum Gasteiger partial charge on any atom is 0.314 e. The van der Waals surface area contributed by atoms with Crippen molar-refractivity contribution in [2.24, 2.45) is 0 Å². The van der Waals surface area contributed by atoms with Crippen molar-refractivity contribution in [2.45, 2.75) is 30.9 Å². The van der Waals surface area contributed by atoms with E-state index < -0.39 is 4.92 Å². The minimum absolute atomic E-state index is 0.0758. The second-order valence-corrected chi connectivity index (χ2v) is 4.98. The molecule has 20 heavy (non-hydrogen) atoms. The number of nitro groups is 1. The number of nitrogens with zero attached hydrogens (tertiary/aromatic N) is 1. The summed E-state index contributed by atoms with van der Waals surface area (Å²) in [4.78, 5) is 10.4. The summed E-state index contributed by atoms with van der Waals surface area (Å²) in [7, 11) is 1.39. The van der Waals surface area contributed by atoms with Crippen LogP contribution in [0, 0.1) is 10.1 Å². The first-order chi connectivity index (χ1) is 9.56. The van der Waals surface area contributed by atoms with Gasteiger partial charge in [0.25, 0.3) is 0 Å². The topological polar surface area (TPSA) is 70.8 Å². The third kappa shape index (κ3) is 2.96. The Morgan fingerprint density at radius 3 is 2.80 bits per heavy atom. The molecule has 110 valence electrons. The smallest absolute Gasteiger partial charge is 0.314 e. The molecule has 3 unspecified atom stereocenters. The Morgan fingerprint density at radius 1 is 1.50 bits per heavy atom. The Balaban J connectivity index is 2.10. The third-order valence-corrected chi connectivity index (χ3v) is 3.60. The summed E-state index contributed by atoms with van der Waals surface area (Å²) < 4.78 is 16.1. The Kier molecular flexibility index (Phi) is 4.67. The highest BCUT2D eigenvalue weighted by atomic mass is 35.5. The number of alkyl halides is 1. The predicted molar refractivity (Wildman–Crippen MR) is 73.7 cm³/mol. The predicted octanol–water partition coefficient (Wildman–Crippen LogP) is 2.77. The molecule has 1 aliphatic rings. The van der Waals surface area contributed by atoms with E-state index >= 15 is 0 Å². The Hall–Kier alpha value is -1.53. The summed E-state index contributed by atoms with van der Waals surface area (Å²) in [6.45, 7) is 2.44. The molecule has 0 radical (unpaired) electrons. The molecule has 2 rings (SSSR count). The lowest BCUT2D eigenvalue weighted by Gasteiger charge is -2.40. The highest BCUT2D eigenvalue weighted by Gasteiger charge is 2.42. The van der Waals surface area contributed by atoms with Crippen molar-refractivity contribution >= 4 is 17.3 Å². The molecule has 3 atom stereocenters. The second kappa shape index (κ2) is 6.28. The SMILES string of the molecule is CCOC1C(Cl)CC1Oc1ccc(OC)c([N+](=O)[O-])c1.